The second kappa shape index (κ2) is 10.6. The molecule has 2 fully saturated rings. The third kappa shape index (κ3) is 6.29. The van der Waals surface area contributed by atoms with E-state index in [9.17, 15) is 4.39 Å². The molecule has 2 aliphatic rings. The number of morpholine rings is 1. The van der Waals surface area contributed by atoms with E-state index in [0.29, 0.717) is 6.04 Å². The molecule has 27 heavy (non-hydrogen) atoms. The van der Waals surface area contributed by atoms with Crippen LogP contribution in [-0.2, 0) is 10.2 Å². The Hall–Kier alpha value is -0.930. The molecule has 0 radical (unpaired) electrons. The monoisotopic (exact) mass is 490 g/mol. The molecule has 1 unspecified atom stereocenters. The normalized spacial score (nSPS) is 20.5. The molecule has 5 nitrogen and oxygen atoms in total. The van der Waals surface area contributed by atoms with Gasteiger partial charge in [-0.15, -0.1) is 24.0 Å². The van der Waals surface area contributed by atoms with Crippen molar-refractivity contribution < 1.29 is 9.13 Å². The summed E-state index contributed by atoms with van der Waals surface area (Å²) in [6, 6.07) is 7.34. The number of guanidine groups is 1. The maximum atomic E-state index is 13.2. The van der Waals surface area contributed by atoms with Crippen molar-refractivity contribution in [2.45, 2.75) is 38.1 Å². The molecule has 0 amide bonds. The zero-order valence-corrected chi connectivity index (χ0v) is 18.7. The van der Waals surface area contributed by atoms with Crippen LogP contribution in [0.3, 0.4) is 0 Å². The Morgan fingerprint density at radius 2 is 1.89 bits per heavy atom. The van der Waals surface area contributed by atoms with Gasteiger partial charge in [-0.2, -0.15) is 0 Å². The third-order valence-electron chi connectivity index (χ3n) is 5.43. The number of hydrogen-bond donors (Lipinski definition) is 2. The molecular formula is C20H32FIN4O. The van der Waals surface area contributed by atoms with Gasteiger partial charge in [0.05, 0.1) is 19.8 Å². The Balaban J connectivity index is 0.00000261. The molecular weight excluding hydrogens is 458 g/mol. The van der Waals surface area contributed by atoms with Crippen molar-refractivity contribution in [3.8, 4) is 0 Å². The SMILES string of the molecule is CCNC(=NCC1(c2ccc(F)cc2)CC1)NCC(C)N1CCOCC1.I. The standard InChI is InChI=1S/C20H31FN4O.HI/c1-3-22-19(23-14-16(2)25-10-12-26-13-11-25)24-15-20(8-9-20)17-4-6-18(21)7-5-17;/h4-7,16H,3,8-15H2,1-2H3,(H2,22,23,24);1H. The lowest BCUT2D eigenvalue weighted by Gasteiger charge is -2.32. The van der Waals surface area contributed by atoms with Crippen molar-refractivity contribution in [1.29, 1.82) is 0 Å². The van der Waals surface area contributed by atoms with Crippen LogP contribution in [0, 0.1) is 5.82 Å². The van der Waals surface area contributed by atoms with E-state index in [1.165, 1.54) is 5.56 Å². The number of halogens is 2. The largest absolute Gasteiger partial charge is 0.379 e. The number of nitrogens with zero attached hydrogens (tertiary/aromatic N) is 2. The first kappa shape index (κ1) is 22.4. The van der Waals surface area contributed by atoms with Gasteiger partial charge in [-0.1, -0.05) is 12.1 Å². The molecule has 0 aromatic heterocycles. The summed E-state index contributed by atoms with van der Waals surface area (Å²) in [5, 5.41) is 6.81. The highest BCUT2D eigenvalue weighted by atomic mass is 127. The van der Waals surface area contributed by atoms with Crippen molar-refractivity contribution in [1.82, 2.24) is 15.5 Å². The topological polar surface area (TPSA) is 48.9 Å². The molecule has 1 aromatic rings. The van der Waals surface area contributed by atoms with Gasteiger partial charge in [-0.3, -0.25) is 9.89 Å². The number of benzene rings is 1. The average molecular weight is 490 g/mol. The maximum Gasteiger partial charge on any atom is 0.191 e. The molecule has 1 aliphatic carbocycles. The van der Waals surface area contributed by atoms with Gasteiger partial charge in [-0.25, -0.2) is 4.39 Å². The van der Waals surface area contributed by atoms with Crippen molar-refractivity contribution in [2.75, 3.05) is 45.9 Å². The number of aliphatic imine (C=N–C) groups is 1. The van der Waals surface area contributed by atoms with E-state index >= 15 is 0 Å². The van der Waals surface area contributed by atoms with Crippen molar-refractivity contribution in [2.24, 2.45) is 4.99 Å². The smallest absolute Gasteiger partial charge is 0.191 e. The summed E-state index contributed by atoms with van der Waals surface area (Å²) in [6.45, 7) is 10.4. The molecule has 3 rings (SSSR count). The average Bonchev–Trinajstić information content (AvgIpc) is 3.46. The molecule has 152 valence electrons. The van der Waals surface area contributed by atoms with Crippen LogP contribution >= 0.6 is 24.0 Å². The lowest BCUT2D eigenvalue weighted by Crippen LogP contribution is -2.49. The fraction of sp³-hybridized carbons (Fsp3) is 0.650. The lowest BCUT2D eigenvalue weighted by molar-refractivity contribution is 0.0211. The highest BCUT2D eigenvalue weighted by Gasteiger charge is 2.44. The van der Waals surface area contributed by atoms with Crippen molar-refractivity contribution in [3.63, 3.8) is 0 Å². The van der Waals surface area contributed by atoms with Crippen LogP contribution in [-0.4, -0.2) is 62.8 Å². The highest BCUT2D eigenvalue weighted by molar-refractivity contribution is 14.0. The predicted octanol–water partition coefficient (Wildman–Crippen LogP) is 2.75. The van der Waals surface area contributed by atoms with Crippen molar-refractivity contribution >= 4 is 29.9 Å². The molecule has 1 atom stereocenters. The fourth-order valence-corrected chi connectivity index (χ4v) is 3.46. The summed E-state index contributed by atoms with van der Waals surface area (Å²) >= 11 is 0. The van der Waals surface area contributed by atoms with Gasteiger partial charge in [0.25, 0.3) is 0 Å². The maximum absolute atomic E-state index is 13.2. The Bertz CT molecular complexity index is 601. The van der Waals surface area contributed by atoms with Crippen LogP contribution in [0.1, 0.15) is 32.3 Å². The summed E-state index contributed by atoms with van der Waals surface area (Å²) < 4.78 is 18.6. The minimum absolute atomic E-state index is 0. The Morgan fingerprint density at radius 1 is 1.22 bits per heavy atom. The summed E-state index contributed by atoms with van der Waals surface area (Å²) in [4.78, 5) is 7.27. The van der Waals surface area contributed by atoms with E-state index < -0.39 is 0 Å². The molecule has 1 aromatic carbocycles. The fourth-order valence-electron chi connectivity index (χ4n) is 3.46. The van der Waals surface area contributed by atoms with Gasteiger partial charge in [0.15, 0.2) is 5.96 Å². The van der Waals surface area contributed by atoms with E-state index in [2.05, 4.69) is 29.4 Å². The van der Waals surface area contributed by atoms with Crippen LogP contribution in [0.15, 0.2) is 29.3 Å². The Morgan fingerprint density at radius 3 is 2.48 bits per heavy atom. The van der Waals surface area contributed by atoms with E-state index in [1.807, 2.05) is 12.1 Å². The van der Waals surface area contributed by atoms with Gasteiger partial charge in [0.1, 0.15) is 5.82 Å². The molecule has 0 bridgehead atoms. The van der Waals surface area contributed by atoms with Crippen LogP contribution in [0.25, 0.3) is 0 Å². The minimum atomic E-state index is -0.180. The predicted molar refractivity (Wildman–Crippen MR) is 119 cm³/mol. The minimum Gasteiger partial charge on any atom is -0.379 e. The van der Waals surface area contributed by atoms with Crippen LogP contribution in [0.4, 0.5) is 4.39 Å². The number of nitrogens with one attached hydrogen (secondary N) is 2. The van der Waals surface area contributed by atoms with Gasteiger partial charge in [0, 0.05) is 37.6 Å². The van der Waals surface area contributed by atoms with E-state index in [0.717, 1.165) is 64.7 Å². The Kier molecular flexibility index (Phi) is 8.75. The molecule has 1 saturated heterocycles. The van der Waals surface area contributed by atoms with Gasteiger partial charge >= 0.3 is 0 Å². The van der Waals surface area contributed by atoms with E-state index in [-0.39, 0.29) is 35.2 Å². The zero-order chi connectivity index (χ0) is 18.4. The number of rotatable bonds is 7. The highest BCUT2D eigenvalue weighted by Crippen LogP contribution is 2.48. The molecule has 1 aliphatic heterocycles. The third-order valence-corrected chi connectivity index (χ3v) is 5.43. The quantitative estimate of drug-likeness (QED) is 0.351. The zero-order valence-electron chi connectivity index (χ0n) is 16.3. The molecule has 1 saturated carbocycles. The lowest BCUT2D eigenvalue weighted by atomic mass is 9.96. The van der Waals surface area contributed by atoms with E-state index in [4.69, 9.17) is 9.73 Å². The Labute approximate surface area is 179 Å². The first-order chi connectivity index (χ1) is 12.6. The first-order valence-corrected chi connectivity index (χ1v) is 9.73. The van der Waals surface area contributed by atoms with Crippen LogP contribution in [0.5, 0.6) is 0 Å². The van der Waals surface area contributed by atoms with Crippen LogP contribution < -0.4 is 10.6 Å². The second-order valence-electron chi connectivity index (χ2n) is 7.36. The van der Waals surface area contributed by atoms with Crippen LogP contribution in [0.2, 0.25) is 0 Å². The summed E-state index contributed by atoms with van der Waals surface area (Å²) in [6.07, 6.45) is 2.23. The van der Waals surface area contributed by atoms with Gasteiger partial charge in [-0.05, 0) is 44.4 Å². The molecule has 0 spiro atoms. The van der Waals surface area contributed by atoms with Gasteiger partial charge < -0.3 is 15.4 Å². The first-order valence-electron chi connectivity index (χ1n) is 9.73. The van der Waals surface area contributed by atoms with E-state index in [1.54, 1.807) is 12.1 Å². The van der Waals surface area contributed by atoms with Gasteiger partial charge in [0.2, 0.25) is 0 Å². The number of hydrogen-bond acceptors (Lipinski definition) is 3. The molecule has 1 heterocycles. The summed E-state index contributed by atoms with van der Waals surface area (Å²) in [5.74, 6) is 0.682. The second-order valence-corrected chi connectivity index (χ2v) is 7.36. The summed E-state index contributed by atoms with van der Waals surface area (Å²) in [5.41, 5.74) is 1.28. The summed E-state index contributed by atoms with van der Waals surface area (Å²) in [7, 11) is 0. The number of ether oxygens (including phenoxy) is 1. The van der Waals surface area contributed by atoms with Crippen molar-refractivity contribution in [3.05, 3.63) is 35.6 Å². The molecule has 7 heteroatoms. The molecule has 2 N–H and O–H groups in total.